The minimum Gasteiger partial charge on any atom is -0.316 e. The van der Waals surface area contributed by atoms with Gasteiger partial charge in [-0.1, -0.05) is 0 Å². The molecule has 2 N–H and O–H groups in total. The number of halogens is 7. The Bertz CT molecular complexity index is 381. The van der Waals surface area contributed by atoms with Crippen molar-refractivity contribution in [2.45, 2.75) is 12.2 Å². The van der Waals surface area contributed by atoms with Gasteiger partial charge in [0, 0.05) is 0 Å². The fourth-order valence-corrected chi connectivity index (χ4v) is 1.34. The van der Waals surface area contributed by atoms with Crippen molar-refractivity contribution in [2.75, 3.05) is 0 Å². The lowest BCUT2D eigenvalue weighted by Gasteiger charge is -2.17. The van der Waals surface area contributed by atoms with Gasteiger partial charge in [-0.15, -0.1) is 12.4 Å². The third-order valence-electron chi connectivity index (χ3n) is 1.74. The first-order valence-electron chi connectivity index (χ1n) is 3.71. The zero-order valence-electron chi connectivity index (χ0n) is 7.49. The van der Waals surface area contributed by atoms with Crippen LogP contribution in [0.3, 0.4) is 0 Å². The molecule has 0 radical (unpaired) electrons. The molecular formula is C8H6BrClF5N. The van der Waals surface area contributed by atoms with E-state index in [9.17, 15) is 22.0 Å². The third kappa shape index (κ3) is 3.05. The first-order valence-corrected chi connectivity index (χ1v) is 4.50. The summed E-state index contributed by atoms with van der Waals surface area (Å²) < 4.78 is 62.3. The van der Waals surface area contributed by atoms with Crippen molar-refractivity contribution in [2.24, 2.45) is 5.73 Å². The molecule has 0 aliphatic heterocycles. The number of rotatable bonds is 1. The Morgan fingerprint density at radius 2 is 1.69 bits per heavy atom. The maximum absolute atomic E-state index is 13.2. The SMILES string of the molecule is Cl.N[C@@H](c1c(F)ccc(Br)c1F)C(F)(F)F. The summed E-state index contributed by atoms with van der Waals surface area (Å²) in [5.74, 6) is -2.65. The van der Waals surface area contributed by atoms with Crippen molar-refractivity contribution < 1.29 is 22.0 Å². The monoisotopic (exact) mass is 325 g/mol. The van der Waals surface area contributed by atoms with E-state index in [0.717, 1.165) is 6.07 Å². The van der Waals surface area contributed by atoms with Gasteiger partial charge in [0.25, 0.3) is 0 Å². The van der Waals surface area contributed by atoms with Crippen LogP contribution >= 0.6 is 28.3 Å². The molecule has 0 bridgehead atoms. The topological polar surface area (TPSA) is 26.0 Å². The molecule has 0 saturated heterocycles. The molecule has 0 amide bonds. The van der Waals surface area contributed by atoms with Gasteiger partial charge in [0.05, 0.1) is 10.0 Å². The van der Waals surface area contributed by atoms with Gasteiger partial charge in [0.2, 0.25) is 0 Å². The Morgan fingerprint density at radius 1 is 1.19 bits per heavy atom. The Hall–Kier alpha value is -0.400. The normalized spacial score (nSPS) is 13.2. The second-order valence-corrected chi connectivity index (χ2v) is 3.63. The molecule has 0 aliphatic rings. The van der Waals surface area contributed by atoms with Crippen molar-refractivity contribution >= 4 is 28.3 Å². The summed E-state index contributed by atoms with van der Waals surface area (Å²) >= 11 is 2.65. The predicted octanol–water partition coefficient (Wildman–Crippen LogP) is 3.71. The molecule has 16 heavy (non-hydrogen) atoms. The highest BCUT2D eigenvalue weighted by atomic mass is 79.9. The molecule has 0 aliphatic carbocycles. The van der Waals surface area contributed by atoms with E-state index < -0.39 is 29.4 Å². The number of alkyl halides is 3. The lowest BCUT2D eigenvalue weighted by atomic mass is 10.1. The maximum atomic E-state index is 13.2. The van der Waals surface area contributed by atoms with Crippen LogP contribution in [0.25, 0.3) is 0 Å². The highest BCUT2D eigenvalue weighted by molar-refractivity contribution is 9.10. The summed E-state index contributed by atoms with van der Waals surface area (Å²) in [6, 6.07) is -0.985. The van der Waals surface area contributed by atoms with Crippen molar-refractivity contribution in [1.29, 1.82) is 0 Å². The van der Waals surface area contributed by atoms with Crippen molar-refractivity contribution in [3.05, 3.63) is 33.8 Å². The largest absolute Gasteiger partial charge is 0.407 e. The molecule has 1 rings (SSSR count). The van der Waals surface area contributed by atoms with Crippen molar-refractivity contribution in [1.82, 2.24) is 0 Å². The number of hydrogen-bond acceptors (Lipinski definition) is 1. The van der Waals surface area contributed by atoms with Gasteiger partial charge in [-0.3, -0.25) is 0 Å². The van der Waals surface area contributed by atoms with Crippen LogP contribution in [0.15, 0.2) is 16.6 Å². The molecule has 1 aromatic rings. The molecule has 8 heteroatoms. The summed E-state index contributed by atoms with van der Waals surface area (Å²) in [6.07, 6.45) is -4.89. The fraction of sp³-hybridized carbons (Fsp3) is 0.250. The Balaban J connectivity index is 0.00000225. The summed E-state index contributed by atoms with van der Waals surface area (Å²) in [6.45, 7) is 0. The molecule has 1 atom stereocenters. The van der Waals surface area contributed by atoms with Gasteiger partial charge >= 0.3 is 6.18 Å². The van der Waals surface area contributed by atoms with Gasteiger partial charge in [-0.2, -0.15) is 13.2 Å². The van der Waals surface area contributed by atoms with E-state index in [4.69, 9.17) is 5.73 Å². The van der Waals surface area contributed by atoms with Gasteiger partial charge in [-0.05, 0) is 28.1 Å². The van der Waals surface area contributed by atoms with Crippen LogP contribution in [0.1, 0.15) is 11.6 Å². The third-order valence-corrected chi connectivity index (χ3v) is 2.36. The van der Waals surface area contributed by atoms with Crippen LogP contribution in [0.2, 0.25) is 0 Å². The quantitative estimate of drug-likeness (QED) is 0.618. The summed E-state index contributed by atoms with van der Waals surface area (Å²) in [5, 5.41) is 0. The molecule has 1 nitrogen and oxygen atoms in total. The molecule has 0 fully saturated rings. The lowest BCUT2D eigenvalue weighted by Crippen LogP contribution is -2.30. The van der Waals surface area contributed by atoms with Gasteiger partial charge < -0.3 is 5.73 Å². The highest BCUT2D eigenvalue weighted by Gasteiger charge is 2.41. The van der Waals surface area contributed by atoms with Gasteiger partial charge in [-0.25, -0.2) is 8.78 Å². The molecule has 0 spiro atoms. The van der Waals surface area contributed by atoms with Gasteiger partial charge in [0.15, 0.2) is 0 Å². The molecular weight excluding hydrogens is 320 g/mol. The van der Waals surface area contributed by atoms with E-state index in [1.165, 1.54) is 0 Å². The zero-order chi connectivity index (χ0) is 11.8. The van der Waals surface area contributed by atoms with E-state index in [-0.39, 0.29) is 16.9 Å². The van der Waals surface area contributed by atoms with Crippen molar-refractivity contribution in [3.8, 4) is 0 Å². The van der Waals surface area contributed by atoms with E-state index in [1.807, 2.05) is 0 Å². The minimum absolute atomic E-state index is 0. The van der Waals surface area contributed by atoms with Crippen LogP contribution in [-0.4, -0.2) is 6.18 Å². The average Bonchev–Trinajstić information content (AvgIpc) is 2.10. The second kappa shape index (κ2) is 5.29. The standard InChI is InChI=1S/C8H5BrF5N.ClH/c9-3-1-2-4(10)5(6(3)11)7(15)8(12,13)14;/h1-2,7H,15H2;1H/t7-;/m0./s1. The number of hydrogen-bond donors (Lipinski definition) is 1. The first kappa shape index (κ1) is 15.6. The van der Waals surface area contributed by atoms with Gasteiger partial charge in [0.1, 0.15) is 17.7 Å². The Morgan fingerprint density at radius 3 is 2.12 bits per heavy atom. The van der Waals surface area contributed by atoms with Crippen LogP contribution in [-0.2, 0) is 0 Å². The Kier molecular flexibility index (Phi) is 5.15. The minimum atomic E-state index is -4.89. The summed E-state index contributed by atoms with van der Waals surface area (Å²) in [7, 11) is 0. The zero-order valence-corrected chi connectivity index (χ0v) is 9.89. The van der Waals surface area contributed by atoms with E-state index >= 15 is 0 Å². The predicted molar refractivity (Wildman–Crippen MR) is 54.3 cm³/mol. The molecule has 1 aromatic carbocycles. The van der Waals surface area contributed by atoms with Crippen molar-refractivity contribution in [3.63, 3.8) is 0 Å². The lowest BCUT2D eigenvalue weighted by molar-refractivity contribution is -0.150. The smallest absolute Gasteiger partial charge is 0.316 e. The fourth-order valence-electron chi connectivity index (χ4n) is 0.992. The van der Waals surface area contributed by atoms with E-state index in [2.05, 4.69) is 15.9 Å². The molecule has 0 heterocycles. The molecule has 0 saturated carbocycles. The summed E-state index contributed by atoms with van der Waals surface area (Å²) in [5.41, 5.74) is 3.53. The molecule has 0 unspecified atom stereocenters. The number of benzene rings is 1. The van der Waals surface area contributed by atoms with E-state index in [0.29, 0.717) is 6.07 Å². The van der Waals surface area contributed by atoms with Crippen LogP contribution in [0, 0.1) is 11.6 Å². The van der Waals surface area contributed by atoms with E-state index in [1.54, 1.807) is 0 Å². The maximum Gasteiger partial charge on any atom is 0.407 e. The average molecular weight is 326 g/mol. The summed E-state index contributed by atoms with van der Waals surface area (Å²) in [4.78, 5) is 0. The first-order chi connectivity index (χ1) is 6.75. The van der Waals surface area contributed by atoms with Crippen LogP contribution in [0.5, 0.6) is 0 Å². The molecule has 92 valence electrons. The molecule has 0 aromatic heterocycles. The van der Waals surface area contributed by atoms with Crippen LogP contribution in [0.4, 0.5) is 22.0 Å². The van der Waals surface area contributed by atoms with Crippen LogP contribution < -0.4 is 5.73 Å². The highest BCUT2D eigenvalue weighted by Crippen LogP contribution is 2.35. The second-order valence-electron chi connectivity index (χ2n) is 2.78. The number of nitrogens with two attached hydrogens (primary N) is 1. The Labute approximate surface area is 102 Å².